The molecule has 4 amide bonds. The third kappa shape index (κ3) is 1.60. The number of carbonyl (C=O) groups is 3. The van der Waals surface area contributed by atoms with E-state index >= 15 is 0 Å². The van der Waals surface area contributed by atoms with Crippen LogP contribution in [0.15, 0.2) is 0 Å². The van der Waals surface area contributed by atoms with Crippen molar-refractivity contribution in [1.29, 1.82) is 0 Å². The van der Waals surface area contributed by atoms with Gasteiger partial charge in [-0.1, -0.05) is 0 Å². The molecule has 0 aliphatic carbocycles. The number of carbonyl (C=O) groups excluding carboxylic acids is 3. The maximum absolute atomic E-state index is 11.2. The predicted octanol–water partition coefficient (Wildman–Crippen LogP) is -1.75. The van der Waals surface area contributed by atoms with E-state index < -0.39 is 33.7 Å². The van der Waals surface area contributed by atoms with Crippen molar-refractivity contribution in [2.24, 2.45) is 0 Å². The number of rotatable bonds is 1. The van der Waals surface area contributed by atoms with Gasteiger partial charge in [0.25, 0.3) is 0 Å². The van der Waals surface area contributed by atoms with Gasteiger partial charge >= 0.3 is 17.8 Å². The Morgan fingerprint density at radius 1 is 1.27 bits per heavy atom. The normalized spacial score (nSPS) is 29.7. The topological polar surface area (TPSA) is 101 Å². The molecule has 0 unspecified atom stereocenters. The molecule has 2 aliphatic rings. The molecule has 0 aromatic rings. The minimum Gasteiger partial charge on any atom is -0.269 e. The third-order valence-corrected chi connectivity index (χ3v) is 4.18. The summed E-state index contributed by atoms with van der Waals surface area (Å²) in [5.41, 5.74) is 0. The molecule has 0 spiro atoms. The molecule has 1 N–H and O–H groups in total. The van der Waals surface area contributed by atoms with Gasteiger partial charge in [0.1, 0.15) is 0 Å². The van der Waals surface area contributed by atoms with Crippen molar-refractivity contribution < 1.29 is 22.8 Å². The monoisotopic (exact) mass is 232 g/mol. The van der Waals surface area contributed by atoms with E-state index in [0.717, 1.165) is 0 Å². The van der Waals surface area contributed by atoms with Crippen molar-refractivity contribution in [2.75, 3.05) is 11.5 Å². The number of hydrogen-bond donors (Lipinski definition) is 1. The van der Waals surface area contributed by atoms with Crippen LogP contribution in [0, 0.1) is 0 Å². The van der Waals surface area contributed by atoms with E-state index in [-0.39, 0.29) is 17.9 Å². The molecule has 2 heterocycles. The fraction of sp³-hybridized carbons (Fsp3) is 0.571. The van der Waals surface area contributed by atoms with Crippen molar-refractivity contribution in [2.45, 2.75) is 12.5 Å². The van der Waals surface area contributed by atoms with E-state index in [1.165, 1.54) is 0 Å². The van der Waals surface area contributed by atoms with Crippen molar-refractivity contribution >= 4 is 27.7 Å². The minimum absolute atomic E-state index is 0.0527. The molecule has 1 atom stereocenters. The molecule has 0 bridgehead atoms. The average molecular weight is 232 g/mol. The molecule has 8 heteroatoms. The average Bonchev–Trinajstić information content (AvgIpc) is 2.56. The molecule has 0 aromatic carbocycles. The second kappa shape index (κ2) is 3.02. The first-order chi connectivity index (χ1) is 6.91. The highest BCUT2D eigenvalue weighted by Gasteiger charge is 2.45. The van der Waals surface area contributed by atoms with Crippen molar-refractivity contribution in [3.05, 3.63) is 0 Å². The lowest BCUT2D eigenvalue weighted by Gasteiger charge is -2.17. The molecule has 2 rings (SSSR count). The zero-order valence-electron chi connectivity index (χ0n) is 7.60. The van der Waals surface area contributed by atoms with Gasteiger partial charge in [-0.25, -0.2) is 13.2 Å². The lowest BCUT2D eigenvalue weighted by Crippen LogP contribution is -2.41. The number of imide groups is 2. The molecule has 2 aliphatic heterocycles. The van der Waals surface area contributed by atoms with Crippen molar-refractivity contribution in [3.63, 3.8) is 0 Å². The van der Waals surface area contributed by atoms with Gasteiger partial charge in [0.2, 0.25) is 0 Å². The van der Waals surface area contributed by atoms with E-state index in [0.29, 0.717) is 4.90 Å². The largest absolute Gasteiger partial charge is 0.331 e. The third-order valence-electron chi connectivity index (χ3n) is 2.43. The number of sulfone groups is 1. The van der Waals surface area contributed by atoms with Crippen LogP contribution in [0.3, 0.4) is 0 Å². The molecular weight excluding hydrogens is 224 g/mol. The summed E-state index contributed by atoms with van der Waals surface area (Å²) >= 11 is 0. The Labute approximate surface area is 85.3 Å². The standard InChI is InChI=1S/C7H8N2O5S/c10-5-6(11)9(7(12)8-5)4-1-2-15(13,14)3-4/h4H,1-3H2,(H,8,10,12)/t4-/m0/s1. The summed E-state index contributed by atoms with van der Waals surface area (Å²) < 4.78 is 22.3. The zero-order valence-corrected chi connectivity index (χ0v) is 8.41. The van der Waals surface area contributed by atoms with Crippen LogP contribution in [0.25, 0.3) is 0 Å². The molecular formula is C7H8N2O5S. The quantitative estimate of drug-likeness (QED) is 0.427. The maximum atomic E-state index is 11.2. The van der Waals surface area contributed by atoms with Gasteiger partial charge in [0.05, 0.1) is 17.5 Å². The van der Waals surface area contributed by atoms with Crippen LogP contribution in [0.2, 0.25) is 0 Å². The molecule has 0 saturated carbocycles. The summed E-state index contributed by atoms with van der Waals surface area (Å²) in [6, 6.07) is -1.53. The van der Waals surface area contributed by atoms with Gasteiger partial charge in [0.15, 0.2) is 9.84 Å². The molecule has 0 radical (unpaired) electrons. The molecule has 15 heavy (non-hydrogen) atoms. The van der Waals surface area contributed by atoms with Crippen LogP contribution in [0.4, 0.5) is 4.79 Å². The second-order valence-electron chi connectivity index (χ2n) is 3.49. The highest BCUT2D eigenvalue weighted by atomic mass is 32.2. The van der Waals surface area contributed by atoms with Gasteiger partial charge in [-0.2, -0.15) is 0 Å². The van der Waals surface area contributed by atoms with E-state index in [4.69, 9.17) is 0 Å². The Morgan fingerprint density at radius 3 is 2.33 bits per heavy atom. The summed E-state index contributed by atoms with van der Waals surface area (Å²) in [6.07, 6.45) is 0.203. The molecule has 2 saturated heterocycles. The first kappa shape index (κ1) is 10.1. The van der Waals surface area contributed by atoms with Crippen LogP contribution < -0.4 is 5.32 Å². The first-order valence-electron chi connectivity index (χ1n) is 4.29. The summed E-state index contributed by atoms with van der Waals surface area (Å²) in [5.74, 6) is -2.27. The second-order valence-corrected chi connectivity index (χ2v) is 5.72. The summed E-state index contributed by atoms with van der Waals surface area (Å²) in [4.78, 5) is 33.9. The Morgan fingerprint density at radius 2 is 1.93 bits per heavy atom. The Hall–Kier alpha value is -1.44. The number of nitrogens with zero attached hydrogens (tertiary/aromatic N) is 1. The first-order valence-corrected chi connectivity index (χ1v) is 6.12. The Kier molecular flexibility index (Phi) is 2.03. The highest BCUT2D eigenvalue weighted by molar-refractivity contribution is 7.91. The predicted molar refractivity (Wildman–Crippen MR) is 47.4 cm³/mol. The van der Waals surface area contributed by atoms with Crippen molar-refractivity contribution in [1.82, 2.24) is 10.2 Å². The van der Waals surface area contributed by atoms with Gasteiger partial charge < -0.3 is 0 Å². The molecule has 2 fully saturated rings. The van der Waals surface area contributed by atoms with Gasteiger partial charge in [-0.3, -0.25) is 19.8 Å². The van der Waals surface area contributed by atoms with E-state index in [9.17, 15) is 22.8 Å². The lowest BCUT2D eigenvalue weighted by atomic mass is 10.2. The minimum atomic E-state index is -3.18. The number of amides is 4. The number of nitrogens with one attached hydrogen (secondary N) is 1. The summed E-state index contributed by atoms with van der Waals surface area (Å²) in [7, 11) is -3.18. The van der Waals surface area contributed by atoms with Crippen LogP contribution in [0.5, 0.6) is 0 Å². The molecule has 7 nitrogen and oxygen atoms in total. The summed E-state index contributed by atoms with van der Waals surface area (Å²) in [5, 5.41) is 1.82. The maximum Gasteiger partial charge on any atom is 0.331 e. The van der Waals surface area contributed by atoms with E-state index in [1.807, 2.05) is 5.32 Å². The van der Waals surface area contributed by atoms with Gasteiger partial charge in [-0.15, -0.1) is 0 Å². The van der Waals surface area contributed by atoms with Gasteiger partial charge in [-0.05, 0) is 6.42 Å². The zero-order chi connectivity index (χ0) is 11.2. The fourth-order valence-corrected chi connectivity index (χ4v) is 3.42. The molecule has 82 valence electrons. The van der Waals surface area contributed by atoms with Crippen LogP contribution in [0.1, 0.15) is 6.42 Å². The Balaban J connectivity index is 2.23. The Bertz CT molecular complexity index is 454. The van der Waals surface area contributed by atoms with Crippen LogP contribution in [-0.2, 0) is 19.4 Å². The van der Waals surface area contributed by atoms with E-state index in [2.05, 4.69) is 0 Å². The number of hydrogen-bond acceptors (Lipinski definition) is 5. The van der Waals surface area contributed by atoms with Crippen LogP contribution >= 0.6 is 0 Å². The highest BCUT2D eigenvalue weighted by Crippen LogP contribution is 2.19. The van der Waals surface area contributed by atoms with Gasteiger partial charge in [0, 0.05) is 0 Å². The smallest absolute Gasteiger partial charge is 0.269 e. The van der Waals surface area contributed by atoms with E-state index in [1.54, 1.807) is 0 Å². The number of urea groups is 1. The molecule has 0 aromatic heterocycles. The summed E-state index contributed by atoms with van der Waals surface area (Å²) in [6.45, 7) is 0. The fourth-order valence-electron chi connectivity index (χ4n) is 1.72. The lowest BCUT2D eigenvalue weighted by molar-refractivity contribution is -0.140. The van der Waals surface area contributed by atoms with Crippen molar-refractivity contribution in [3.8, 4) is 0 Å². The SMILES string of the molecule is O=C1NC(=O)N([C@H]2CCS(=O)(=O)C2)C1=O. The van der Waals surface area contributed by atoms with Crippen LogP contribution in [-0.4, -0.2) is 48.7 Å².